The Balaban J connectivity index is 1.76. The molecule has 2 N–H and O–H groups in total. The highest BCUT2D eigenvalue weighted by atomic mass is 16.5. The molecule has 0 aliphatic heterocycles. The van der Waals surface area contributed by atoms with Gasteiger partial charge in [-0.1, -0.05) is 12.1 Å². The lowest BCUT2D eigenvalue weighted by atomic mass is 10.1. The van der Waals surface area contributed by atoms with Crippen LogP contribution in [0.4, 0.5) is 0 Å². The van der Waals surface area contributed by atoms with Gasteiger partial charge in [-0.2, -0.15) is 0 Å². The van der Waals surface area contributed by atoms with Crippen molar-refractivity contribution in [1.82, 2.24) is 5.32 Å². The first-order valence-corrected chi connectivity index (χ1v) is 8.75. The van der Waals surface area contributed by atoms with Crippen molar-refractivity contribution in [3.05, 3.63) is 59.0 Å². The molecule has 0 bridgehead atoms. The summed E-state index contributed by atoms with van der Waals surface area (Å²) in [7, 11) is 1.57. The molecule has 1 atom stereocenters. The molecule has 1 heterocycles. The maximum atomic E-state index is 12.3. The fourth-order valence-electron chi connectivity index (χ4n) is 2.67. The average molecular weight is 383 g/mol. The second-order valence-electron chi connectivity index (χ2n) is 6.32. The predicted molar refractivity (Wildman–Crippen MR) is 105 cm³/mol. The molecule has 0 saturated heterocycles. The van der Waals surface area contributed by atoms with Gasteiger partial charge in [0.05, 0.1) is 19.3 Å². The molecule has 3 aromatic rings. The van der Waals surface area contributed by atoms with Crippen molar-refractivity contribution in [3.63, 3.8) is 0 Å². The number of rotatable bonds is 7. The molecule has 28 heavy (non-hydrogen) atoms. The van der Waals surface area contributed by atoms with Gasteiger partial charge in [-0.25, -0.2) is 4.79 Å². The van der Waals surface area contributed by atoms with Gasteiger partial charge in [0.1, 0.15) is 17.1 Å². The topological polar surface area (TPSA) is 98.0 Å². The molecule has 0 fully saturated rings. The number of amides is 1. The predicted octanol–water partition coefficient (Wildman–Crippen LogP) is 2.34. The monoisotopic (exact) mass is 383 g/mol. The van der Waals surface area contributed by atoms with Crippen LogP contribution in [0.1, 0.15) is 6.92 Å². The molecular weight excluding hydrogens is 362 g/mol. The summed E-state index contributed by atoms with van der Waals surface area (Å²) in [6.07, 6.45) is 0. The Labute approximate surface area is 161 Å². The van der Waals surface area contributed by atoms with Crippen molar-refractivity contribution in [3.8, 4) is 22.6 Å². The summed E-state index contributed by atoms with van der Waals surface area (Å²) >= 11 is 0. The standard InChI is InChI=1S/C21H21NO6/c1-13(11-23)22-20(24)12-27-16-5-3-14(4-6-16)18-10-15-9-17(26-2)7-8-19(15)28-21(18)25/h3-10,13,23H,11-12H2,1-2H3,(H,22,24)/t13-/m0/s1. The van der Waals surface area contributed by atoms with E-state index in [4.69, 9.17) is 19.0 Å². The zero-order valence-corrected chi connectivity index (χ0v) is 15.6. The van der Waals surface area contributed by atoms with Crippen LogP contribution in [0.2, 0.25) is 0 Å². The lowest BCUT2D eigenvalue weighted by Crippen LogP contribution is -2.38. The Morgan fingerprint density at radius 1 is 1.14 bits per heavy atom. The Hall–Kier alpha value is -3.32. The van der Waals surface area contributed by atoms with E-state index in [0.717, 1.165) is 5.39 Å². The Kier molecular flexibility index (Phi) is 5.96. The second kappa shape index (κ2) is 8.58. The molecular formula is C21H21NO6. The molecule has 0 radical (unpaired) electrons. The van der Waals surface area contributed by atoms with Crippen LogP contribution in [0, 0.1) is 0 Å². The number of hydrogen-bond acceptors (Lipinski definition) is 6. The minimum atomic E-state index is -0.441. The number of carbonyl (C=O) groups excluding carboxylic acids is 1. The number of benzene rings is 2. The number of aliphatic hydroxyl groups is 1. The molecule has 7 nitrogen and oxygen atoms in total. The van der Waals surface area contributed by atoms with E-state index in [-0.39, 0.29) is 25.2 Å². The molecule has 0 aliphatic rings. The maximum absolute atomic E-state index is 12.3. The van der Waals surface area contributed by atoms with E-state index >= 15 is 0 Å². The van der Waals surface area contributed by atoms with E-state index < -0.39 is 5.63 Å². The lowest BCUT2D eigenvalue weighted by molar-refractivity contribution is -0.123. The second-order valence-corrected chi connectivity index (χ2v) is 6.32. The lowest BCUT2D eigenvalue weighted by Gasteiger charge is -2.11. The average Bonchev–Trinajstić information content (AvgIpc) is 2.71. The van der Waals surface area contributed by atoms with Crippen LogP contribution in [0.25, 0.3) is 22.1 Å². The first-order chi connectivity index (χ1) is 13.5. The quantitative estimate of drug-likeness (QED) is 0.608. The number of nitrogens with one attached hydrogen (secondary N) is 1. The highest BCUT2D eigenvalue weighted by Crippen LogP contribution is 2.25. The largest absolute Gasteiger partial charge is 0.497 e. The fraction of sp³-hybridized carbons (Fsp3) is 0.238. The summed E-state index contributed by atoms with van der Waals surface area (Å²) in [6.45, 7) is 1.39. The molecule has 2 aromatic carbocycles. The summed E-state index contributed by atoms with van der Waals surface area (Å²) in [5, 5.41) is 12.3. The normalized spacial score (nSPS) is 11.8. The van der Waals surface area contributed by atoms with Crippen molar-refractivity contribution in [1.29, 1.82) is 0 Å². The minimum Gasteiger partial charge on any atom is -0.497 e. The SMILES string of the molecule is COc1ccc2oc(=O)c(-c3ccc(OCC(=O)N[C@@H](C)CO)cc3)cc2c1. The van der Waals surface area contributed by atoms with Gasteiger partial charge in [0.2, 0.25) is 0 Å². The zero-order valence-electron chi connectivity index (χ0n) is 15.6. The summed E-state index contributed by atoms with van der Waals surface area (Å²) < 4.78 is 16.0. The Morgan fingerprint density at radius 2 is 1.86 bits per heavy atom. The van der Waals surface area contributed by atoms with Crippen LogP contribution in [-0.4, -0.2) is 37.4 Å². The van der Waals surface area contributed by atoms with Crippen LogP contribution in [0.5, 0.6) is 11.5 Å². The third-order valence-corrected chi connectivity index (χ3v) is 4.16. The molecule has 1 amide bonds. The fourth-order valence-corrected chi connectivity index (χ4v) is 2.67. The van der Waals surface area contributed by atoms with Crippen molar-refractivity contribution >= 4 is 16.9 Å². The smallest absolute Gasteiger partial charge is 0.344 e. The third-order valence-electron chi connectivity index (χ3n) is 4.16. The molecule has 0 spiro atoms. The van der Waals surface area contributed by atoms with E-state index in [2.05, 4.69) is 5.32 Å². The van der Waals surface area contributed by atoms with Crippen LogP contribution < -0.4 is 20.4 Å². The van der Waals surface area contributed by atoms with Crippen LogP contribution in [0.15, 0.2) is 57.7 Å². The highest BCUT2D eigenvalue weighted by molar-refractivity contribution is 5.83. The van der Waals surface area contributed by atoms with Gasteiger partial charge in [0.15, 0.2) is 6.61 Å². The van der Waals surface area contributed by atoms with Crippen LogP contribution >= 0.6 is 0 Å². The zero-order chi connectivity index (χ0) is 20.1. The number of methoxy groups -OCH3 is 1. The summed E-state index contributed by atoms with van der Waals surface area (Å²) in [4.78, 5) is 24.0. The van der Waals surface area contributed by atoms with Crippen molar-refractivity contribution in [2.45, 2.75) is 13.0 Å². The van der Waals surface area contributed by atoms with Gasteiger partial charge < -0.3 is 24.3 Å². The first kappa shape index (κ1) is 19.4. The number of carbonyl (C=O) groups is 1. The van der Waals surface area contributed by atoms with E-state index in [9.17, 15) is 9.59 Å². The van der Waals surface area contributed by atoms with Gasteiger partial charge in [0, 0.05) is 11.4 Å². The maximum Gasteiger partial charge on any atom is 0.344 e. The van der Waals surface area contributed by atoms with Gasteiger partial charge in [-0.3, -0.25) is 4.79 Å². The molecule has 0 saturated carbocycles. The van der Waals surface area contributed by atoms with E-state index in [0.29, 0.717) is 28.2 Å². The number of ether oxygens (including phenoxy) is 2. The summed E-state index contributed by atoms with van der Waals surface area (Å²) in [6, 6.07) is 13.4. The molecule has 3 rings (SSSR count). The van der Waals surface area contributed by atoms with Crippen LogP contribution in [-0.2, 0) is 4.79 Å². The molecule has 0 unspecified atom stereocenters. The molecule has 1 aromatic heterocycles. The van der Waals surface area contributed by atoms with Crippen molar-refractivity contribution < 1.29 is 23.8 Å². The van der Waals surface area contributed by atoms with E-state index in [1.807, 2.05) is 0 Å². The molecule has 7 heteroatoms. The minimum absolute atomic E-state index is 0.138. The van der Waals surface area contributed by atoms with E-state index in [1.165, 1.54) is 0 Å². The van der Waals surface area contributed by atoms with Gasteiger partial charge in [-0.05, 0) is 48.9 Å². The molecule has 146 valence electrons. The van der Waals surface area contributed by atoms with Crippen molar-refractivity contribution in [2.75, 3.05) is 20.3 Å². The first-order valence-electron chi connectivity index (χ1n) is 8.75. The van der Waals surface area contributed by atoms with Gasteiger partial charge in [-0.15, -0.1) is 0 Å². The van der Waals surface area contributed by atoms with Crippen molar-refractivity contribution in [2.24, 2.45) is 0 Å². The summed E-state index contributed by atoms with van der Waals surface area (Å²) in [5.41, 5.74) is 1.13. The van der Waals surface area contributed by atoms with Gasteiger partial charge in [0.25, 0.3) is 5.91 Å². The number of aliphatic hydroxyl groups excluding tert-OH is 1. The van der Waals surface area contributed by atoms with E-state index in [1.54, 1.807) is 62.6 Å². The number of hydrogen-bond donors (Lipinski definition) is 2. The summed E-state index contributed by atoms with van der Waals surface area (Å²) in [5.74, 6) is 0.835. The van der Waals surface area contributed by atoms with Crippen LogP contribution in [0.3, 0.4) is 0 Å². The molecule has 0 aliphatic carbocycles. The highest BCUT2D eigenvalue weighted by Gasteiger charge is 2.10. The number of fused-ring (bicyclic) bond motifs is 1. The Morgan fingerprint density at radius 3 is 2.54 bits per heavy atom. The van der Waals surface area contributed by atoms with Gasteiger partial charge >= 0.3 is 5.63 Å². The third kappa shape index (κ3) is 4.50. The Bertz CT molecular complexity index is 1030.